The van der Waals surface area contributed by atoms with Gasteiger partial charge < -0.3 is 24.8 Å². The van der Waals surface area contributed by atoms with Gasteiger partial charge in [-0.3, -0.25) is 19.2 Å². The average Bonchev–Trinajstić information content (AvgIpc) is 2.76. The van der Waals surface area contributed by atoms with Gasteiger partial charge in [0.25, 0.3) is 0 Å². The fourth-order valence-electron chi connectivity index (χ4n) is 2.70. The van der Waals surface area contributed by atoms with E-state index in [1.165, 1.54) is 0 Å². The minimum atomic E-state index is -3.82. The van der Waals surface area contributed by atoms with Crippen molar-refractivity contribution in [1.29, 1.82) is 0 Å². The number of esters is 1. The Labute approximate surface area is 159 Å². The van der Waals surface area contributed by atoms with Crippen molar-refractivity contribution in [2.45, 2.75) is 56.7 Å². The monoisotopic (exact) mass is 393 g/mol. The standard InChI is InChI=1S/C15H19NO9S/c1-7(17)13(21)11(5-24-10(4)20)25-12(16-6-26)14(22,8(2)18)15(13,23)9(3)19/h11-12,21-23H,5H2,1-4H3/t11-,12?,13-,14+,15+/m1/s1/i1D,2D,3D,4D. The number of carbonyl (C=O) groups excluding carboxylic acids is 4. The molecule has 5 atom stereocenters. The number of carbonyl (C=O) groups is 4. The van der Waals surface area contributed by atoms with Crippen molar-refractivity contribution < 1.29 is 49.5 Å². The number of thiocarbonyl (C=S) groups is 1. The van der Waals surface area contributed by atoms with Gasteiger partial charge in [-0.1, -0.05) is 0 Å². The molecule has 0 aromatic rings. The maximum absolute atomic E-state index is 12.6. The van der Waals surface area contributed by atoms with Crippen LogP contribution in [-0.2, 0) is 28.7 Å². The molecule has 1 fully saturated rings. The molecule has 10 nitrogen and oxygen atoms in total. The van der Waals surface area contributed by atoms with E-state index in [-0.39, 0.29) is 0 Å². The molecule has 0 aromatic carbocycles. The molecule has 26 heavy (non-hydrogen) atoms. The van der Waals surface area contributed by atoms with Crippen LogP contribution in [0.15, 0.2) is 4.99 Å². The lowest BCUT2D eigenvalue weighted by Crippen LogP contribution is -2.86. The number of aliphatic imine (C=N–C) groups is 1. The van der Waals surface area contributed by atoms with Gasteiger partial charge in [0.1, 0.15) is 12.7 Å². The largest absolute Gasteiger partial charge is 0.463 e. The number of aliphatic hydroxyl groups is 3. The summed E-state index contributed by atoms with van der Waals surface area (Å²) in [7, 11) is 0. The second-order valence-corrected chi connectivity index (χ2v) is 5.58. The highest BCUT2D eigenvalue weighted by atomic mass is 32.1. The van der Waals surface area contributed by atoms with E-state index >= 15 is 0 Å². The Bertz CT molecular complexity index is 779. The molecule has 3 N–H and O–H groups in total. The lowest BCUT2D eigenvalue weighted by molar-refractivity contribution is -0.320. The van der Waals surface area contributed by atoms with Crippen molar-refractivity contribution in [1.82, 2.24) is 0 Å². The number of hydrogen-bond donors (Lipinski definition) is 3. The Morgan fingerprint density at radius 3 is 2.19 bits per heavy atom. The number of rotatable bonds is 6. The topological polar surface area (TPSA) is 160 Å². The summed E-state index contributed by atoms with van der Waals surface area (Å²) >= 11 is 4.38. The minimum absolute atomic E-state index is 0.879. The Morgan fingerprint density at radius 2 is 1.69 bits per heavy atom. The Hall–Kier alpha value is -1.88. The number of hydrogen-bond acceptors (Lipinski definition) is 11. The first kappa shape index (κ1) is 16.3. The van der Waals surface area contributed by atoms with Crippen LogP contribution in [0.4, 0.5) is 0 Å². The smallest absolute Gasteiger partial charge is 0.302 e. The molecule has 0 aromatic heterocycles. The van der Waals surface area contributed by atoms with Crippen LogP contribution < -0.4 is 0 Å². The number of ether oxygens (including phenoxy) is 2. The maximum Gasteiger partial charge on any atom is 0.302 e. The molecular formula is C15H19NO9S. The normalized spacial score (nSPS) is 38.6. The zero-order valence-electron chi connectivity index (χ0n) is 17.3. The molecule has 0 spiro atoms. The highest BCUT2D eigenvalue weighted by molar-refractivity contribution is 7.78. The molecule has 1 aliphatic rings. The fourth-order valence-corrected chi connectivity index (χ4v) is 2.80. The van der Waals surface area contributed by atoms with E-state index in [1.54, 1.807) is 5.16 Å². The van der Waals surface area contributed by atoms with E-state index in [0.717, 1.165) is 0 Å². The minimum Gasteiger partial charge on any atom is -0.463 e. The summed E-state index contributed by atoms with van der Waals surface area (Å²) in [6.45, 7) is -5.87. The van der Waals surface area contributed by atoms with E-state index in [2.05, 4.69) is 21.9 Å². The first-order valence-corrected chi connectivity index (χ1v) is 7.20. The fraction of sp³-hybridized carbons (Fsp3) is 0.667. The summed E-state index contributed by atoms with van der Waals surface area (Å²) in [6, 6.07) is 0. The SMILES string of the molecule is [2H]CC(=O)OC[C@H]1OC(N=C=S)[C@@](O)(C(=O)C[2H])[C@](O)(C(=O)C[2H])[C@@]1(O)C(=O)C[2H]. The molecule has 11 heteroatoms. The van der Waals surface area contributed by atoms with Crippen molar-refractivity contribution in [3.63, 3.8) is 0 Å². The van der Waals surface area contributed by atoms with Crippen molar-refractivity contribution in [2.75, 3.05) is 6.61 Å². The summed E-state index contributed by atoms with van der Waals surface area (Å²) in [6.07, 6.45) is -4.48. The lowest BCUT2D eigenvalue weighted by Gasteiger charge is -2.56. The van der Waals surface area contributed by atoms with Crippen LogP contribution in [0.1, 0.15) is 33.1 Å². The first-order chi connectivity index (χ1) is 14.0. The average molecular weight is 393 g/mol. The van der Waals surface area contributed by atoms with Gasteiger partial charge in [0, 0.05) is 12.4 Å². The van der Waals surface area contributed by atoms with Gasteiger partial charge in [0.2, 0.25) is 11.2 Å². The molecular weight excluding hydrogens is 370 g/mol. The van der Waals surface area contributed by atoms with E-state index in [0.29, 0.717) is 0 Å². The number of ketones is 3. The van der Waals surface area contributed by atoms with Gasteiger partial charge in [-0.05, 0) is 32.9 Å². The van der Waals surface area contributed by atoms with E-state index < -0.39 is 86.7 Å². The van der Waals surface area contributed by atoms with Gasteiger partial charge in [-0.2, -0.15) is 4.99 Å². The highest BCUT2D eigenvalue weighted by Gasteiger charge is 2.78. The molecule has 144 valence electrons. The van der Waals surface area contributed by atoms with Crippen LogP contribution in [0, 0.1) is 0 Å². The lowest BCUT2D eigenvalue weighted by atomic mass is 9.60. The Morgan fingerprint density at radius 1 is 1.12 bits per heavy atom. The highest BCUT2D eigenvalue weighted by Crippen LogP contribution is 2.46. The molecule has 1 aliphatic heterocycles. The molecule has 1 unspecified atom stereocenters. The zero-order valence-corrected chi connectivity index (χ0v) is 14.2. The molecule has 0 amide bonds. The Kier molecular flexibility index (Phi) is 4.64. The van der Waals surface area contributed by atoms with Crippen LogP contribution in [0.3, 0.4) is 0 Å². The molecule has 1 saturated heterocycles. The summed E-state index contributed by atoms with van der Waals surface area (Å²) in [5, 5.41) is 35.1. The van der Waals surface area contributed by atoms with Gasteiger partial charge in [-0.25, -0.2) is 0 Å². The van der Waals surface area contributed by atoms with Crippen molar-refractivity contribution in [2.24, 2.45) is 4.99 Å². The second-order valence-electron chi connectivity index (χ2n) is 5.39. The quantitative estimate of drug-likeness (QED) is 0.271. The van der Waals surface area contributed by atoms with E-state index in [1.807, 2.05) is 0 Å². The first-order valence-electron chi connectivity index (χ1n) is 9.62. The van der Waals surface area contributed by atoms with E-state index in [4.69, 9.17) is 10.2 Å². The molecule has 0 aliphatic carbocycles. The van der Waals surface area contributed by atoms with Crippen molar-refractivity contribution in [3.05, 3.63) is 0 Å². The summed E-state index contributed by atoms with van der Waals surface area (Å²) in [4.78, 5) is 52.2. The maximum atomic E-state index is 12.6. The van der Waals surface area contributed by atoms with E-state index in [9.17, 15) is 34.5 Å². The number of nitrogens with zero attached hydrogens (tertiary/aromatic N) is 1. The van der Waals surface area contributed by atoms with Crippen LogP contribution in [0.5, 0.6) is 0 Å². The molecule has 0 radical (unpaired) electrons. The molecule has 0 bridgehead atoms. The zero-order chi connectivity index (χ0) is 23.3. The van der Waals surface area contributed by atoms with Crippen LogP contribution in [0.2, 0.25) is 0 Å². The summed E-state index contributed by atoms with van der Waals surface area (Å²) in [5.41, 5.74) is -11.0. The predicted octanol–water partition coefficient (Wildman–Crippen LogP) is -1.66. The van der Waals surface area contributed by atoms with Gasteiger partial charge in [0.15, 0.2) is 29.2 Å². The number of Topliss-reactive ketones (excluding diaryl/α,β-unsaturated/α-hetero) is 3. The van der Waals surface area contributed by atoms with Gasteiger partial charge >= 0.3 is 5.97 Å². The summed E-state index contributed by atoms with van der Waals surface area (Å²) in [5.74, 6) is -6.14. The molecule has 0 saturated carbocycles. The van der Waals surface area contributed by atoms with Crippen LogP contribution in [-0.4, -0.2) is 79.5 Å². The van der Waals surface area contributed by atoms with Crippen molar-refractivity contribution in [3.8, 4) is 0 Å². The van der Waals surface area contributed by atoms with Crippen molar-refractivity contribution >= 4 is 40.7 Å². The third-order valence-corrected chi connectivity index (χ3v) is 4.14. The molecule has 1 heterocycles. The second kappa shape index (κ2) is 7.39. The van der Waals surface area contributed by atoms with Crippen LogP contribution in [0.25, 0.3) is 0 Å². The third-order valence-electron chi connectivity index (χ3n) is 4.04. The number of isothiocyanates is 1. The molecule has 1 rings (SSSR count). The van der Waals surface area contributed by atoms with Crippen LogP contribution >= 0.6 is 12.2 Å². The van der Waals surface area contributed by atoms with Gasteiger partial charge in [-0.15, -0.1) is 0 Å². The predicted molar refractivity (Wildman–Crippen MR) is 87.2 cm³/mol. The van der Waals surface area contributed by atoms with Gasteiger partial charge in [0.05, 0.1) is 5.16 Å². The summed E-state index contributed by atoms with van der Waals surface area (Å²) < 4.78 is 38.5. The third kappa shape index (κ3) is 2.92. The Balaban J connectivity index is 3.90.